The highest BCUT2D eigenvalue weighted by atomic mass is 19.1. The first-order valence-electron chi connectivity index (χ1n) is 8.16. The van der Waals surface area contributed by atoms with Gasteiger partial charge in [-0.3, -0.25) is 15.0 Å². The Kier molecular flexibility index (Phi) is 4.71. The number of nitrogens with zero attached hydrogens (tertiary/aromatic N) is 1. The van der Waals surface area contributed by atoms with Crippen LogP contribution in [0.3, 0.4) is 0 Å². The standard InChI is InChI=1S/C19H18FN3O3/c1-19(14-5-3-2-4-6-14)17(25)23(18(26)21-19)22-16(24)12-9-13-7-10-15(20)11-8-13/h2-8,10-11H,9,12H2,1H3,(H,21,26)(H,22,24). The lowest BCUT2D eigenvalue weighted by molar-refractivity contribution is -0.138. The van der Waals surface area contributed by atoms with Gasteiger partial charge >= 0.3 is 6.03 Å². The maximum absolute atomic E-state index is 12.9. The van der Waals surface area contributed by atoms with Gasteiger partial charge < -0.3 is 5.32 Å². The van der Waals surface area contributed by atoms with Gasteiger partial charge in [0.15, 0.2) is 0 Å². The third-order valence-corrected chi connectivity index (χ3v) is 4.33. The lowest BCUT2D eigenvalue weighted by Crippen LogP contribution is -2.48. The van der Waals surface area contributed by atoms with Crippen molar-refractivity contribution in [2.24, 2.45) is 0 Å². The summed E-state index contributed by atoms with van der Waals surface area (Å²) in [4.78, 5) is 36.9. The zero-order chi connectivity index (χ0) is 18.7. The summed E-state index contributed by atoms with van der Waals surface area (Å²) < 4.78 is 12.9. The van der Waals surface area contributed by atoms with Crippen molar-refractivity contribution in [2.45, 2.75) is 25.3 Å². The van der Waals surface area contributed by atoms with Crippen molar-refractivity contribution in [1.82, 2.24) is 15.8 Å². The zero-order valence-electron chi connectivity index (χ0n) is 14.2. The van der Waals surface area contributed by atoms with Crippen molar-refractivity contribution in [3.05, 3.63) is 71.5 Å². The minimum atomic E-state index is -1.23. The molecule has 7 heteroatoms. The Labute approximate surface area is 150 Å². The predicted octanol–water partition coefficient (Wildman–Crippen LogP) is 2.26. The van der Waals surface area contributed by atoms with Crippen LogP contribution in [0.25, 0.3) is 0 Å². The van der Waals surface area contributed by atoms with Gasteiger partial charge in [-0.15, -0.1) is 0 Å². The molecule has 134 valence electrons. The van der Waals surface area contributed by atoms with Crippen LogP contribution >= 0.6 is 0 Å². The molecule has 3 rings (SSSR count). The van der Waals surface area contributed by atoms with Crippen molar-refractivity contribution >= 4 is 17.8 Å². The highest BCUT2D eigenvalue weighted by Crippen LogP contribution is 2.27. The molecule has 1 aliphatic heterocycles. The zero-order valence-corrected chi connectivity index (χ0v) is 14.2. The van der Waals surface area contributed by atoms with Crippen molar-refractivity contribution in [3.63, 3.8) is 0 Å². The molecule has 1 fully saturated rings. The second-order valence-corrected chi connectivity index (χ2v) is 6.22. The van der Waals surface area contributed by atoms with Crippen LogP contribution in [0.4, 0.5) is 9.18 Å². The molecule has 4 amide bonds. The maximum Gasteiger partial charge on any atom is 0.344 e. The first-order valence-corrected chi connectivity index (χ1v) is 8.16. The van der Waals surface area contributed by atoms with E-state index in [1.54, 1.807) is 43.3 Å². The van der Waals surface area contributed by atoms with Gasteiger partial charge in [0, 0.05) is 6.42 Å². The number of halogens is 1. The van der Waals surface area contributed by atoms with Gasteiger partial charge in [-0.05, 0) is 36.6 Å². The quantitative estimate of drug-likeness (QED) is 0.808. The first-order chi connectivity index (χ1) is 12.4. The third kappa shape index (κ3) is 3.42. The summed E-state index contributed by atoms with van der Waals surface area (Å²) in [6.45, 7) is 1.59. The Balaban J connectivity index is 1.64. The van der Waals surface area contributed by atoms with E-state index in [0.717, 1.165) is 5.56 Å². The molecule has 0 aliphatic carbocycles. The van der Waals surface area contributed by atoms with Crippen LogP contribution in [0.1, 0.15) is 24.5 Å². The number of carbonyl (C=O) groups excluding carboxylic acids is 3. The number of hydrogen-bond acceptors (Lipinski definition) is 3. The van der Waals surface area contributed by atoms with E-state index >= 15 is 0 Å². The van der Waals surface area contributed by atoms with E-state index < -0.39 is 23.4 Å². The first kappa shape index (κ1) is 17.6. The number of benzene rings is 2. The van der Waals surface area contributed by atoms with E-state index in [0.29, 0.717) is 17.0 Å². The molecule has 0 radical (unpaired) electrons. The van der Waals surface area contributed by atoms with Gasteiger partial charge in [-0.1, -0.05) is 42.5 Å². The number of aryl methyl sites for hydroxylation is 1. The number of imide groups is 1. The number of hydrogen-bond donors (Lipinski definition) is 2. The van der Waals surface area contributed by atoms with Gasteiger partial charge in [0.05, 0.1) is 0 Å². The molecule has 0 bridgehead atoms. The van der Waals surface area contributed by atoms with Crippen LogP contribution in [0.2, 0.25) is 0 Å². The summed E-state index contributed by atoms with van der Waals surface area (Å²) in [6.07, 6.45) is 0.427. The van der Waals surface area contributed by atoms with E-state index in [4.69, 9.17) is 0 Å². The molecule has 0 saturated carbocycles. The normalized spacial score (nSPS) is 19.4. The van der Waals surface area contributed by atoms with Crippen LogP contribution in [0.5, 0.6) is 0 Å². The maximum atomic E-state index is 12.9. The summed E-state index contributed by atoms with van der Waals surface area (Å²) in [5.74, 6) is -1.38. The molecule has 1 saturated heterocycles. The van der Waals surface area contributed by atoms with Crippen molar-refractivity contribution < 1.29 is 18.8 Å². The van der Waals surface area contributed by atoms with Crippen molar-refractivity contribution in [1.29, 1.82) is 0 Å². The number of rotatable bonds is 5. The lowest BCUT2D eigenvalue weighted by atomic mass is 9.92. The van der Waals surface area contributed by atoms with Crippen LogP contribution in [-0.2, 0) is 21.5 Å². The summed E-state index contributed by atoms with van der Waals surface area (Å²) in [7, 11) is 0. The van der Waals surface area contributed by atoms with Crippen LogP contribution in [0, 0.1) is 5.82 Å². The smallest absolute Gasteiger partial charge is 0.318 e. The molecular weight excluding hydrogens is 337 g/mol. The Morgan fingerprint density at radius 1 is 1.12 bits per heavy atom. The third-order valence-electron chi connectivity index (χ3n) is 4.33. The summed E-state index contributed by atoms with van der Waals surface area (Å²) in [5.41, 5.74) is 2.52. The fraction of sp³-hybridized carbons (Fsp3) is 0.211. The topological polar surface area (TPSA) is 78.5 Å². The highest BCUT2D eigenvalue weighted by molar-refractivity contribution is 6.08. The van der Waals surface area contributed by atoms with Gasteiger partial charge in [0.25, 0.3) is 5.91 Å². The molecule has 0 spiro atoms. The Morgan fingerprint density at radius 3 is 2.42 bits per heavy atom. The van der Waals surface area contributed by atoms with Gasteiger partial charge in [-0.25, -0.2) is 9.18 Å². The number of nitrogens with one attached hydrogen (secondary N) is 2. The van der Waals surface area contributed by atoms with Crippen LogP contribution < -0.4 is 10.7 Å². The minimum absolute atomic E-state index is 0.0603. The number of hydrazine groups is 1. The summed E-state index contributed by atoms with van der Waals surface area (Å²) in [6, 6.07) is 13.9. The second kappa shape index (κ2) is 6.95. The molecule has 0 aromatic heterocycles. The van der Waals surface area contributed by atoms with Crippen molar-refractivity contribution in [2.75, 3.05) is 0 Å². The molecule has 2 aromatic rings. The molecular formula is C19H18FN3O3. The minimum Gasteiger partial charge on any atom is -0.318 e. The fourth-order valence-corrected chi connectivity index (χ4v) is 2.80. The van der Waals surface area contributed by atoms with Crippen LogP contribution in [-0.4, -0.2) is 22.9 Å². The fourth-order valence-electron chi connectivity index (χ4n) is 2.80. The number of amides is 4. The molecule has 2 N–H and O–H groups in total. The van der Waals surface area contributed by atoms with E-state index in [2.05, 4.69) is 10.7 Å². The predicted molar refractivity (Wildman–Crippen MR) is 92.0 cm³/mol. The monoisotopic (exact) mass is 355 g/mol. The van der Waals surface area contributed by atoms with E-state index in [-0.39, 0.29) is 12.2 Å². The SMILES string of the molecule is CC1(c2ccccc2)NC(=O)N(NC(=O)CCc2ccc(F)cc2)C1=O. The Morgan fingerprint density at radius 2 is 1.77 bits per heavy atom. The molecule has 26 heavy (non-hydrogen) atoms. The van der Waals surface area contributed by atoms with Crippen LogP contribution in [0.15, 0.2) is 54.6 Å². The van der Waals surface area contributed by atoms with E-state index in [1.807, 2.05) is 6.07 Å². The van der Waals surface area contributed by atoms with Gasteiger partial charge in [-0.2, -0.15) is 5.01 Å². The average molecular weight is 355 g/mol. The van der Waals surface area contributed by atoms with E-state index in [1.165, 1.54) is 12.1 Å². The molecule has 6 nitrogen and oxygen atoms in total. The van der Waals surface area contributed by atoms with Crippen molar-refractivity contribution in [3.8, 4) is 0 Å². The Bertz CT molecular complexity index is 839. The highest BCUT2D eigenvalue weighted by Gasteiger charge is 2.49. The number of carbonyl (C=O) groups is 3. The summed E-state index contributed by atoms with van der Waals surface area (Å²) in [5, 5.41) is 3.32. The van der Waals surface area contributed by atoms with Gasteiger partial charge in [0.1, 0.15) is 11.4 Å². The molecule has 1 unspecified atom stereocenters. The summed E-state index contributed by atoms with van der Waals surface area (Å²) >= 11 is 0. The largest absolute Gasteiger partial charge is 0.344 e. The van der Waals surface area contributed by atoms with E-state index in [9.17, 15) is 18.8 Å². The Hall–Kier alpha value is -3.22. The van der Waals surface area contributed by atoms with Gasteiger partial charge in [0.2, 0.25) is 5.91 Å². The molecule has 1 heterocycles. The lowest BCUT2D eigenvalue weighted by Gasteiger charge is -2.22. The molecule has 1 atom stereocenters. The number of urea groups is 1. The second-order valence-electron chi connectivity index (χ2n) is 6.22. The molecule has 2 aromatic carbocycles. The average Bonchev–Trinajstić information content (AvgIpc) is 2.86. The molecule has 1 aliphatic rings.